The molecule has 0 radical (unpaired) electrons. The highest BCUT2D eigenvalue weighted by atomic mass is 16.1. The van der Waals surface area contributed by atoms with E-state index < -0.39 is 0 Å². The highest BCUT2D eigenvalue weighted by Crippen LogP contribution is 2.07. The summed E-state index contributed by atoms with van der Waals surface area (Å²) in [5, 5.41) is 2.84. The third-order valence-corrected chi connectivity index (χ3v) is 2.28. The van der Waals surface area contributed by atoms with Crippen molar-refractivity contribution in [1.82, 2.24) is 5.32 Å². The van der Waals surface area contributed by atoms with Gasteiger partial charge in [0.05, 0.1) is 6.04 Å². The lowest BCUT2D eigenvalue weighted by molar-refractivity contribution is -0.125. The van der Waals surface area contributed by atoms with E-state index in [9.17, 15) is 4.79 Å². The zero-order chi connectivity index (χ0) is 10.3. The first-order chi connectivity index (χ1) is 6.19. The van der Waals surface area contributed by atoms with E-state index in [2.05, 4.69) is 11.2 Å². The molecular formula is C11H19NO. The number of amides is 1. The SMILES string of the molecule is C#CC(CC)NC(=O)C(CC)CC. The van der Waals surface area contributed by atoms with Crippen molar-refractivity contribution >= 4 is 5.91 Å². The molecule has 0 spiro atoms. The van der Waals surface area contributed by atoms with E-state index in [4.69, 9.17) is 6.42 Å². The Morgan fingerprint density at radius 3 is 2.15 bits per heavy atom. The van der Waals surface area contributed by atoms with Crippen LogP contribution >= 0.6 is 0 Å². The van der Waals surface area contributed by atoms with E-state index in [1.807, 2.05) is 20.8 Å². The molecule has 0 fully saturated rings. The lowest BCUT2D eigenvalue weighted by Gasteiger charge is -2.16. The average Bonchev–Trinajstić information content (AvgIpc) is 2.16. The Morgan fingerprint density at radius 1 is 1.31 bits per heavy atom. The second kappa shape index (κ2) is 6.54. The van der Waals surface area contributed by atoms with Gasteiger partial charge in [-0.05, 0) is 19.3 Å². The molecule has 0 aromatic carbocycles. The summed E-state index contributed by atoms with van der Waals surface area (Å²) in [6.45, 7) is 6.01. The summed E-state index contributed by atoms with van der Waals surface area (Å²) in [5.74, 6) is 2.76. The van der Waals surface area contributed by atoms with Gasteiger partial charge >= 0.3 is 0 Å². The zero-order valence-electron chi connectivity index (χ0n) is 8.76. The molecule has 0 aliphatic heterocycles. The topological polar surface area (TPSA) is 29.1 Å². The van der Waals surface area contributed by atoms with Crippen LogP contribution in [0.3, 0.4) is 0 Å². The standard InChI is InChI=1S/C11H19NO/c1-5-9(6-2)11(13)12-10(7-3)8-4/h3,9-10H,5-6,8H2,1-2,4H3,(H,12,13). The van der Waals surface area contributed by atoms with Crippen LogP contribution in [0, 0.1) is 18.3 Å². The summed E-state index contributed by atoms with van der Waals surface area (Å²) in [7, 11) is 0. The van der Waals surface area contributed by atoms with Gasteiger partial charge in [0.25, 0.3) is 0 Å². The molecule has 0 bridgehead atoms. The minimum Gasteiger partial charge on any atom is -0.342 e. The maximum atomic E-state index is 11.5. The minimum absolute atomic E-state index is 0.0924. The van der Waals surface area contributed by atoms with Gasteiger partial charge in [-0.1, -0.05) is 26.7 Å². The molecule has 1 N–H and O–H groups in total. The molecule has 0 aliphatic carbocycles. The van der Waals surface area contributed by atoms with Crippen molar-refractivity contribution in [3.05, 3.63) is 0 Å². The van der Waals surface area contributed by atoms with Crippen LogP contribution in [-0.4, -0.2) is 11.9 Å². The number of carbonyl (C=O) groups is 1. The molecule has 1 unspecified atom stereocenters. The zero-order valence-corrected chi connectivity index (χ0v) is 8.76. The van der Waals surface area contributed by atoms with E-state index in [-0.39, 0.29) is 17.9 Å². The van der Waals surface area contributed by atoms with Gasteiger partial charge in [0, 0.05) is 5.92 Å². The molecule has 0 aromatic rings. The molecule has 0 rings (SSSR count). The molecule has 0 aliphatic rings. The van der Waals surface area contributed by atoms with E-state index in [0.29, 0.717) is 0 Å². The van der Waals surface area contributed by atoms with Crippen LogP contribution in [0.5, 0.6) is 0 Å². The summed E-state index contributed by atoms with van der Waals surface area (Å²) in [5.41, 5.74) is 0. The highest BCUT2D eigenvalue weighted by Gasteiger charge is 2.15. The molecule has 2 nitrogen and oxygen atoms in total. The van der Waals surface area contributed by atoms with Gasteiger partial charge in [0.1, 0.15) is 0 Å². The van der Waals surface area contributed by atoms with Gasteiger partial charge in [-0.25, -0.2) is 0 Å². The average molecular weight is 181 g/mol. The number of hydrogen-bond donors (Lipinski definition) is 1. The quantitative estimate of drug-likeness (QED) is 0.645. The van der Waals surface area contributed by atoms with Gasteiger partial charge < -0.3 is 5.32 Å². The Labute approximate surface area is 81.1 Å². The fraction of sp³-hybridized carbons (Fsp3) is 0.727. The molecule has 0 heterocycles. The smallest absolute Gasteiger partial charge is 0.224 e. The van der Waals surface area contributed by atoms with Crippen LogP contribution < -0.4 is 5.32 Å². The van der Waals surface area contributed by atoms with Crippen molar-refractivity contribution in [2.75, 3.05) is 0 Å². The summed E-state index contributed by atoms with van der Waals surface area (Å²) in [6, 6.07) is -0.104. The third kappa shape index (κ3) is 3.98. The maximum absolute atomic E-state index is 11.5. The lowest BCUT2D eigenvalue weighted by Crippen LogP contribution is -2.37. The molecule has 0 aromatic heterocycles. The predicted octanol–water partition coefficient (Wildman–Crippen LogP) is 1.95. The fourth-order valence-corrected chi connectivity index (χ4v) is 1.21. The first-order valence-corrected chi connectivity index (χ1v) is 4.95. The Hall–Kier alpha value is -0.970. The largest absolute Gasteiger partial charge is 0.342 e. The first-order valence-electron chi connectivity index (χ1n) is 4.95. The number of carbonyl (C=O) groups excluding carboxylic acids is 1. The fourth-order valence-electron chi connectivity index (χ4n) is 1.21. The first kappa shape index (κ1) is 12.0. The third-order valence-electron chi connectivity index (χ3n) is 2.28. The van der Waals surface area contributed by atoms with E-state index in [1.54, 1.807) is 0 Å². The van der Waals surface area contributed by atoms with Crippen molar-refractivity contribution in [2.45, 2.75) is 46.1 Å². The number of terminal acetylenes is 1. The minimum atomic E-state index is -0.104. The number of rotatable bonds is 5. The van der Waals surface area contributed by atoms with Crippen LogP contribution in [0.1, 0.15) is 40.0 Å². The molecule has 74 valence electrons. The Bertz CT molecular complexity index is 189. The van der Waals surface area contributed by atoms with E-state index in [0.717, 1.165) is 19.3 Å². The van der Waals surface area contributed by atoms with Crippen LogP contribution in [0.2, 0.25) is 0 Å². The Kier molecular flexibility index (Phi) is 6.05. The second-order valence-corrected chi connectivity index (χ2v) is 3.15. The van der Waals surface area contributed by atoms with E-state index >= 15 is 0 Å². The molecule has 0 saturated heterocycles. The van der Waals surface area contributed by atoms with Crippen LogP contribution in [0.25, 0.3) is 0 Å². The van der Waals surface area contributed by atoms with Crippen molar-refractivity contribution in [2.24, 2.45) is 5.92 Å². The Balaban J connectivity index is 4.05. The van der Waals surface area contributed by atoms with Crippen molar-refractivity contribution in [3.63, 3.8) is 0 Å². The van der Waals surface area contributed by atoms with Gasteiger partial charge in [-0.15, -0.1) is 6.42 Å². The second-order valence-electron chi connectivity index (χ2n) is 3.15. The normalized spacial score (nSPS) is 12.2. The van der Waals surface area contributed by atoms with Crippen molar-refractivity contribution in [3.8, 4) is 12.3 Å². The van der Waals surface area contributed by atoms with Crippen LogP contribution in [-0.2, 0) is 4.79 Å². The monoisotopic (exact) mass is 181 g/mol. The summed E-state index contributed by atoms with van der Waals surface area (Å²) < 4.78 is 0. The van der Waals surface area contributed by atoms with Crippen LogP contribution in [0.15, 0.2) is 0 Å². The number of nitrogens with one attached hydrogen (secondary N) is 1. The summed E-state index contributed by atoms with van der Waals surface area (Å²) >= 11 is 0. The van der Waals surface area contributed by atoms with Crippen molar-refractivity contribution < 1.29 is 4.79 Å². The molecule has 1 amide bonds. The molecule has 0 saturated carbocycles. The van der Waals surface area contributed by atoms with E-state index in [1.165, 1.54) is 0 Å². The van der Waals surface area contributed by atoms with Crippen LogP contribution in [0.4, 0.5) is 0 Å². The molecule has 13 heavy (non-hydrogen) atoms. The van der Waals surface area contributed by atoms with Gasteiger partial charge in [-0.2, -0.15) is 0 Å². The van der Waals surface area contributed by atoms with Gasteiger partial charge in [0.2, 0.25) is 5.91 Å². The molecule has 2 heteroatoms. The maximum Gasteiger partial charge on any atom is 0.224 e. The summed E-state index contributed by atoms with van der Waals surface area (Å²) in [6.07, 6.45) is 7.80. The number of hydrogen-bond acceptors (Lipinski definition) is 1. The Morgan fingerprint density at radius 2 is 1.85 bits per heavy atom. The predicted molar refractivity (Wildman–Crippen MR) is 55.1 cm³/mol. The van der Waals surface area contributed by atoms with Crippen molar-refractivity contribution in [1.29, 1.82) is 0 Å². The van der Waals surface area contributed by atoms with Gasteiger partial charge in [0.15, 0.2) is 0 Å². The molecular weight excluding hydrogens is 162 g/mol. The summed E-state index contributed by atoms with van der Waals surface area (Å²) in [4.78, 5) is 11.5. The lowest BCUT2D eigenvalue weighted by atomic mass is 10.0. The highest BCUT2D eigenvalue weighted by molar-refractivity contribution is 5.79. The van der Waals surface area contributed by atoms with Gasteiger partial charge in [-0.3, -0.25) is 4.79 Å². The molecule has 1 atom stereocenters.